The van der Waals surface area contributed by atoms with E-state index < -0.39 is 5.97 Å². The summed E-state index contributed by atoms with van der Waals surface area (Å²) in [7, 11) is 0. The van der Waals surface area contributed by atoms with Crippen LogP contribution in [0.4, 0.5) is 0 Å². The number of fused-ring (bicyclic) bond motifs is 1. The van der Waals surface area contributed by atoms with E-state index in [1.54, 1.807) is 11.3 Å². The molecule has 0 aliphatic heterocycles. The van der Waals surface area contributed by atoms with Crippen molar-refractivity contribution in [3.63, 3.8) is 0 Å². The average Bonchev–Trinajstić information content (AvgIpc) is 2.67. The van der Waals surface area contributed by atoms with Crippen LogP contribution in [-0.4, -0.2) is 21.8 Å². The lowest BCUT2D eigenvalue weighted by molar-refractivity contribution is -0.133. The van der Waals surface area contributed by atoms with Crippen LogP contribution in [0.3, 0.4) is 0 Å². The van der Waals surface area contributed by atoms with E-state index in [0.29, 0.717) is 0 Å². The molecule has 0 atom stereocenters. The predicted octanol–water partition coefficient (Wildman–Crippen LogP) is 3.04. The van der Waals surface area contributed by atoms with Crippen molar-refractivity contribution in [1.29, 1.82) is 0 Å². The van der Waals surface area contributed by atoms with Gasteiger partial charge in [-0.1, -0.05) is 24.8 Å². The van der Waals surface area contributed by atoms with Crippen molar-refractivity contribution in [2.24, 2.45) is 0 Å². The van der Waals surface area contributed by atoms with Gasteiger partial charge < -0.3 is 5.11 Å². The summed E-state index contributed by atoms with van der Waals surface area (Å²) in [6.45, 7) is 2.11. The van der Waals surface area contributed by atoms with Crippen molar-refractivity contribution >= 4 is 39.3 Å². The highest BCUT2D eigenvalue weighted by molar-refractivity contribution is 8.01. The highest BCUT2D eigenvalue weighted by Crippen LogP contribution is 2.30. The molecule has 2 rings (SSSR count). The molecule has 0 aliphatic carbocycles. The van der Waals surface area contributed by atoms with E-state index in [0.717, 1.165) is 21.0 Å². The fraction of sp³-hybridized carbons (Fsp3) is 0.273. The second kappa shape index (κ2) is 4.84. The molecule has 0 fully saturated rings. The molecule has 0 saturated heterocycles. The molecule has 3 nitrogen and oxygen atoms in total. The molecule has 84 valence electrons. The second-order valence-corrected chi connectivity index (χ2v) is 5.57. The van der Waals surface area contributed by atoms with Crippen LogP contribution in [0.5, 0.6) is 0 Å². The lowest BCUT2D eigenvalue weighted by atomic mass is 10.2. The Morgan fingerprint density at radius 2 is 2.38 bits per heavy atom. The van der Waals surface area contributed by atoms with Crippen molar-refractivity contribution in [3.05, 3.63) is 23.8 Å². The standard InChI is InChI=1S/C11H11NO2S2/c1-2-7-3-4-8-9(5-7)16-11(12-8)15-6-10(13)14/h3-5H,2,6H2,1H3,(H,13,14). The second-order valence-electron chi connectivity index (χ2n) is 3.32. The average molecular weight is 253 g/mol. The Labute approximate surface area is 102 Å². The van der Waals surface area contributed by atoms with E-state index in [9.17, 15) is 4.79 Å². The first kappa shape index (κ1) is 11.4. The van der Waals surface area contributed by atoms with E-state index in [2.05, 4.69) is 24.0 Å². The van der Waals surface area contributed by atoms with Crippen molar-refractivity contribution in [2.75, 3.05) is 5.75 Å². The van der Waals surface area contributed by atoms with Gasteiger partial charge in [-0.05, 0) is 24.1 Å². The number of carbonyl (C=O) groups is 1. The van der Waals surface area contributed by atoms with E-state index in [1.165, 1.54) is 17.3 Å². The number of nitrogens with zero attached hydrogens (tertiary/aromatic N) is 1. The van der Waals surface area contributed by atoms with Gasteiger partial charge in [-0.2, -0.15) is 0 Å². The number of rotatable bonds is 4. The number of aromatic nitrogens is 1. The van der Waals surface area contributed by atoms with Crippen molar-refractivity contribution in [2.45, 2.75) is 17.7 Å². The van der Waals surface area contributed by atoms with Gasteiger partial charge in [0.25, 0.3) is 0 Å². The minimum atomic E-state index is -0.807. The Kier molecular flexibility index (Phi) is 3.46. The molecule has 1 aromatic heterocycles. The molecule has 1 aromatic carbocycles. The van der Waals surface area contributed by atoms with Gasteiger partial charge in [-0.3, -0.25) is 4.79 Å². The zero-order valence-electron chi connectivity index (χ0n) is 8.77. The Morgan fingerprint density at radius 3 is 3.06 bits per heavy atom. The Bertz CT molecular complexity index is 522. The van der Waals surface area contributed by atoms with Gasteiger partial charge in [0.2, 0.25) is 0 Å². The summed E-state index contributed by atoms with van der Waals surface area (Å²) in [6, 6.07) is 6.18. The number of carboxylic acids is 1. The number of hydrogen-bond donors (Lipinski definition) is 1. The van der Waals surface area contributed by atoms with E-state index in [-0.39, 0.29) is 5.75 Å². The quantitative estimate of drug-likeness (QED) is 0.851. The zero-order valence-corrected chi connectivity index (χ0v) is 10.4. The summed E-state index contributed by atoms with van der Waals surface area (Å²) >= 11 is 2.83. The summed E-state index contributed by atoms with van der Waals surface area (Å²) < 4.78 is 1.96. The molecule has 0 spiro atoms. The molecular formula is C11H11NO2S2. The number of carboxylic acid groups (broad SMARTS) is 1. The van der Waals surface area contributed by atoms with Crippen molar-refractivity contribution < 1.29 is 9.90 Å². The summed E-state index contributed by atoms with van der Waals surface area (Å²) in [5, 5.41) is 8.59. The molecule has 0 bridgehead atoms. The third-order valence-corrected chi connectivity index (χ3v) is 4.31. The van der Waals surface area contributed by atoms with E-state index >= 15 is 0 Å². The monoisotopic (exact) mass is 253 g/mol. The van der Waals surface area contributed by atoms with Gasteiger partial charge >= 0.3 is 5.97 Å². The third-order valence-electron chi connectivity index (χ3n) is 2.16. The smallest absolute Gasteiger partial charge is 0.313 e. The zero-order chi connectivity index (χ0) is 11.5. The normalized spacial score (nSPS) is 10.8. The molecular weight excluding hydrogens is 242 g/mol. The highest BCUT2D eigenvalue weighted by Gasteiger charge is 2.06. The Morgan fingerprint density at radius 1 is 1.56 bits per heavy atom. The maximum atomic E-state index is 10.4. The molecule has 2 aromatic rings. The van der Waals surface area contributed by atoms with Gasteiger partial charge in [0.15, 0.2) is 4.34 Å². The maximum absolute atomic E-state index is 10.4. The van der Waals surface area contributed by atoms with Crippen LogP contribution in [-0.2, 0) is 11.2 Å². The molecule has 0 radical (unpaired) electrons. The Hall–Kier alpha value is -1.07. The number of aliphatic carboxylic acids is 1. The van der Waals surface area contributed by atoms with Crippen LogP contribution in [0.1, 0.15) is 12.5 Å². The maximum Gasteiger partial charge on any atom is 0.313 e. The van der Waals surface area contributed by atoms with Gasteiger partial charge in [-0.25, -0.2) is 4.98 Å². The van der Waals surface area contributed by atoms with Gasteiger partial charge in [-0.15, -0.1) is 11.3 Å². The minimum absolute atomic E-state index is 0.0699. The SMILES string of the molecule is CCc1ccc2nc(SCC(=O)O)sc2c1. The van der Waals surface area contributed by atoms with Crippen LogP contribution >= 0.6 is 23.1 Å². The van der Waals surface area contributed by atoms with E-state index in [4.69, 9.17) is 5.11 Å². The van der Waals surface area contributed by atoms with Crippen LogP contribution in [0.2, 0.25) is 0 Å². The molecule has 1 heterocycles. The van der Waals surface area contributed by atoms with Gasteiger partial charge in [0.05, 0.1) is 16.0 Å². The van der Waals surface area contributed by atoms with Crippen LogP contribution in [0, 0.1) is 0 Å². The summed E-state index contributed by atoms with van der Waals surface area (Å²) in [5.74, 6) is -0.737. The first-order valence-electron chi connectivity index (χ1n) is 4.93. The molecule has 16 heavy (non-hydrogen) atoms. The molecule has 1 N–H and O–H groups in total. The molecule has 0 aliphatic rings. The summed E-state index contributed by atoms with van der Waals surface area (Å²) in [6.07, 6.45) is 1.01. The largest absolute Gasteiger partial charge is 0.481 e. The number of aryl methyl sites for hydroxylation is 1. The topological polar surface area (TPSA) is 50.2 Å². The lowest BCUT2D eigenvalue weighted by Gasteiger charge is -1.93. The number of hydrogen-bond acceptors (Lipinski definition) is 4. The summed E-state index contributed by atoms with van der Waals surface area (Å²) in [5.41, 5.74) is 2.24. The van der Waals surface area contributed by atoms with Gasteiger partial charge in [0, 0.05) is 0 Å². The van der Waals surface area contributed by atoms with E-state index in [1.807, 2.05) is 6.07 Å². The first-order chi connectivity index (χ1) is 7.69. The van der Waals surface area contributed by atoms with Crippen molar-refractivity contribution in [3.8, 4) is 0 Å². The van der Waals surface area contributed by atoms with Crippen LogP contribution < -0.4 is 0 Å². The van der Waals surface area contributed by atoms with Crippen LogP contribution in [0.15, 0.2) is 22.5 Å². The minimum Gasteiger partial charge on any atom is -0.481 e. The number of thiazole rings is 1. The fourth-order valence-corrected chi connectivity index (χ4v) is 3.21. The predicted molar refractivity (Wildman–Crippen MR) is 67.4 cm³/mol. The molecule has 0 amide bonds. The molecule has 0 unspecified atom stereocenters. The summed E-state index contributed by atoms with van der Waals surface area (Å²) in [4.78, 5) is 14.8. The highest BCUT2D eigenvalue weighted by atomic mass is 32.2. The van der Waals surface area contributed by atoms with Gasteiger partial charge in [0.1, 0.15) is 0 Å². The lowest BCUT2D eigenvalue weighted by Crippen LogP contribution is -1.96. The number of benzene rings is 1. The molecule has 0 saturated carbocycles. The Balaban J connectivity index is 2.25. The van der Waals surface area contributed by atoms with Crippen molar-refractivity contribution in [1.82, 2.24) is 4.98 Å². The van der Waals surface area contributed by atoms with Crippen LogP contribution in [0.25, 0.3) is 10.2 Å². The number of thioether (sulfide) groups is 1. The molecule has 5 heteroatoms. The fourth-order valence-electron chi connectivity index (χ4n) is 1.35. The first-order valence-corrected chi connectivity index (χ1v) is 6.73. The third kappa shape index (κ3) is 2.54.